The Morgan fingerprint density at radius 1 is 1.45 bits per heavy atom. The number of ether oxygens (including phenoxy) is 2. The summed E-state index contributed by atoms with van der Waals surface area (Å²) in [5.74, 6) is 0.663. The number of hydrogen-bond donors (Lipinski definition) is 2. The summed E-state index contributed by atoms with van der Waals surface area (Å²) < 4.78 is 10.7. The molecule has 1 atom stereocenters. The number of methoxy groups -OCH3 is 1. The zero-order valence-corrected chi connectivity index (χ0v) is 13.0. The lowest BCUT2D eigenvalue weighted by Crippen LogP contribution is -2.25. The fourth-order valence-electron chi connectivity index (χ4n) is 1.60. The van der Waals surface area contributed by atoms with Crippen LogP contribution >= 0.6 is 12.4 Å². The van der Waals surface area contributed by atoms with E-state index in [1.165, 1.54) is 0 Å². The van der Waals surface area contributed by atoms with Gasteiger partial charge in [0.2, 0.25) is 0 Å². The number of carbonyl (C=O) groups excluding carboxylic acids is 1. The van der Waals surface area contributed by atoms with Crippen molar-refractivity contribution in [2.24, 2.45) is 5.73 Å². The normalized spacial score (nSPS) is 11.3. The molecule has 0 heterocycles. The quantitative estimate of drug-likeness (QED) is 0.769. The van der Waals surface area contributed by atoms with Crippen molar-refractivity contribution in [3.63, 3.8) is 0 Å². The van der Waals surface area contributed by atoms with E-state index in [0.29, 0.717) is 24.1 Å². The number of halogens is 1. The third kappa shape index (κ3) is 5.67. The zero-order valence-electron chi connectivity index (χ0n) is 12.1. The molecule has 1 rings (SSSR count). The molecular formula is C14H23ClN2O3. The van der Waals surface area contributed by atoms with E-state index in [9.17, 15) is 4.79 Å². The van der Waals surface area contributed by atoms with Crippen LogP contribution in [0.25, 0.3) is 0 Å². The van der Waals surface area contributed by atoms with Crippen LogP contribution in [0.15, 0.2) is 18.2 Å². The molecule has 0 aliphatic heterocycles. The van der Waals surface area contributed by atoms with Gasteiger partial charge in [-0.3, -0.25) is 4.79 Å². The van der Waals surface area contributed by atoms with Gasteiger partial charge in [0.15, 0.2) is 18.1 Å². The van der Waals surface area contributed by atoms with Crippen LogP contribution in [0.3, 0.4) is 0 Å². The Morgan fingerprint density at radius 2 is 2.15 bits per heavy atom. The molecule has 0 spiro atoms. The van der Waals surface area contributed by atoms with Gasteiger partial charge in [-0.2, -0.15) is 0 Å². The number of amides is 1. The van der Waals surface area contributed by atoms with Crippen LogP contribution in [0.4, 0.5) is 0 Å². The van der Waals surface area contributed by atoms with Crippen LogP contribution < -0.4 is 20.5 Å². The smallest absolute Gasteiger partial charge is 0.255 e. The monoisotopic (exact) mass is 302 g/mol. The lowest BCUT2D eigenvalue weighted by atomic mass is 10.1. The summed E-state index contributed by atoms with van der Waals surface area (Å²) in [6.45, 7) is 4.73. The molecule has 5 nitrogen and oxygen atoms in total. The minimum Gasteiger partial charge on any atom is -0.493 e. The maximum Gasteiger partial charge on any atom is 0.255 e. The van der Waals surface area contributed by atoms with Gasteiger partial charge in [-0.25, -0.2) is 0 Å². The minimum atomic E-state index is -0.508. The van der Waals surface area contributed by atoms with Gasteiger partial charge in [-0.15, -0.1) is 12.4 Å². The van der Waals surface area contributed by atoms with E-state index >= 15 is 0 Å². The van der Waals surface area contributed by atoms with E-state index in [2.05, 4.69) is 19.2 Å². The first kappa shape index (κ1) is 18.5. The van der Waals surface area contributed by atoms with Crippen LogP contribution in [-0.2, 0) is 11.3 Å². The lowest BCUT2D eigenvalue weighted by Gasteiger charge is -2.16. The Balaban J connectivity index is 0.00000361. The summed E-state index contributed by atoms with van der Waals surface area (Å²) in [6, 6.07) is 6.04. The maximum atomic E-state index is 10.8. The molecule has 1 unspecified atom stereocenters. The van der Waals surface area contributed by atoms with Crippen molar-refractivity contribution in [3.8, 4) is 11.5 Å². The largest absolute Gasteiger partial charge is 0.493 e. The van der Waals surface area contributed by atoms with Crippen molar-refractivity contribution >= 4 is 18.3 Å². The number of carbonyl (C=O) groups is 1. The molecule has 0 saturated carbocycles. The van der Waals surface area contributed by atoms with Crippen molar-refractivity contribution in [1.29, 1.82) is 0 Å². The summed E-state index contributed by atoms with van der Waals surface area (Å²) in [5, 5.41) is 3.38. The van der Waals surface area contributed by atoms with Crippen LogP contribution in [0.2, 0.25) is 0 Å². The molecule has 0 fully saturated rings. The molecule has 0 bridgehead atoms. The first-order chi connectivity index (χ1) is 9.08. The minimum absolute atomic E-state index is 0. The van der Waals surface area contributed by atoms with Crippen LogP contribution in [-0.4, -0.2) is 25.7 Å². The third-order valence-electron chi connectivity index (χ3n) is 2.89. The van der Waals surface area contributed by atoms with Gasteiger partial charge in [0, 0.05) is 18.2 Å². The molecule has 6 heteroatoms. The van der Waals surface area contributed by atoms with Gasteiger partial charge in [-0.05, 0) is 19.4 Å². The molecule has 0 saturated heterocycles. The first-order valence-corrected chi connectivity index (χ1v) is 6.38. The van der Waals surface area contributed by atoms with Gasteiger partial charge in [0.1, 0.15) is 0 Å². The number of nitrogens with one attached hydrogen (secondary N) is 1. The van der Waals surface area contributed by atoms with Crippen molar-refractivity contribution in [2.45, 2.75) is 32.9 Å². The summed E-state index contributed by atoms with van der Waals surface area (Å²) in [7, 11) is 1.57. The summed E-state index contributed by atoms with van der Waals surface area (Å²) >= 11 is 0. The Labute approximate surface area is 126 Å². The molecule has 3 N–H and O–H groups in total. The molecule has 1 aromatic rings. The fraction of sp³-hybridized carbons (Fsp3) is 0.500. The lowest BCUT2D eigenvalue weighted by molar-refractivity contribution is -0.119. The average Bonchev–Trinajstić information content (AvgIpc) is 2.42. The van der Waals surface area contributed by atoms with E-state index in [4.69, 9.17) is 15.2 Å². The molecule has 0 aliphatic rings. The van der Waals surface area contributed by atoms with Crippen molar-refractivity contribution in [3.05, 3.63) is 23.8 Å². The standard InChI is InChI=1S/C14H22N2O3.ClH/c1-4-10(2)16-8-11-6-5-7-12(18-3)14(11)19-9-13(15)17;/h5-7,10,16H,4,8-9H2,1-3H3,(H2,15,17);1H. The number of nitrogens with two attached hydrogens (primary N) is 1. The van der Waals surface area contributed by atoms with E-state index in [-0.39, 0.29) is 19.0 Å². The van der Waals surface area contributed by atoms with Crippen LogP contribution in [0, 0.1) is 0 Å². The van der Waals surface area contributed by atoms with Crippen molar-refractivity contribution < 1.29 is 14.3 Å². The Kier molecular flexibility index (Phi) is 8.76. The summed E-state index contributed by atoms with van der Waals surface area (Å²) in [5.41, 5.74) is 6.05. The molecule has 114 valence electrons. The van der Waals surface area contributed by atoms with Crippen molar-refractivity contribution in [1.82, 2.24) is 5.32 Å². The summed E-state index contributed by atoms with van der Waals surface area (Å²) in [4.78, 5) is 10.8. The highest BCUT2D eigenvalue weighted by Gasteiger charge is 2.12. The van der Waals surface area contributed by atoms with Gasteiger partial charge in [0.25, 0.3) is 5.91 Å². The number of para-hydroxylation sites is 1. The Bertz CT molecular complexity index is 427. The summed E-state index contributed by atoms with van der Waals surface area (Å²) in [6.07, 6.45) is 1.04. The van der Waals surface area contributed by atoms with Crippen molar-refractivity contribution in [2.75, 3.05) is 13.7 Å². The van der Waals surface area contributed by atoms with E-state index in [0.717, 1.165) is 12.0 Å². The average molecular weight is 303 g/mol. The van der Waals surface area contributed by atoms with Gasteiger partial charge >= 0.3 is 0 Å². The highest BCUT2D eigenvalue weighted by atomic mass is 35.5. The second kappa shape index (κ2) is 9.44. The molecule has 1 amide bonds. The van der Waals surface area contributed by atoms with Crippen LogP contribution in [0.1, 0.15) is 25.8 Å². The Morgan fingerprint density at radius 3 is 2.70 bits per heavy atom. The van der Waals surface area contributed by atoms with E-state index < -0.39 is 5.91 Å². The topological polar surface area (TPSA) is 73.6 Å². The predicted molar refractivity (Wildman–Crippen MR) is 81.5 cm³/mol. The molecular weight excluding hydrogens is 280 g/mol. The predicted octanol–water partition coefficient (Wildman–Crippen LogP) is 1.87. The second-order valence-corrected chi connectivity index (χ2v) is 4.39. The molecule has 0 aromatic heterocycles. The SMILES string of the molecule is CCC(C)NCc1cccc(OC)c1OCC(N)=O.Cl. The molecule has 20 heavy (non-hydrogen) atoms. The zero-order chi connectivity index (χ0) is 14.3. The van der Waals surface area contributed by atoms with Gasteiger partial charge in [0.05, 0.1) is 7.11 Å². The Hall–Kier alpha value is -1.46. The first-order valence-electron chi connectivity index (χ1n) is 6.38. The highest BCUT2D eigenvalue weighted by molar-refractivity contribution is 5.85. The highest BCUT2D eigenvalue weighted by Crippen LogP contribution is 2.31. The van der Waals surface area contributed by atoms with Crippen LogP contribution in [0.5, 0.6) is 11.5 Å². The molecule has 1 aromatic carbocycles. The van der Waals surface area contributed by atoms with Gasteiger partial charge in [-0.1, -0.05) is 19.1 Å². The second-order valence-electron chi connectivity index (χ2n) is 4.39. The number of benzene rings is 1. The number of rotatable bonds is 8. The van der Waals surface area contributed by atoms with E-state index in [1.54, 1.807) is 13.2 Å². The number of hydrogen-bond acceptors (Lipinski definition) is 4. The third-order valence-corrected chi connectivity index (χ3v) is 2.89. The molecule has 0 aliphatic carbocycles. The van der Waals surface area contributed by atoms with Gasteiger partial charge < -0.3 is 20.5 Å². The maximum absolute atomic E-state index is 10.8. The fourth-order valence-corrected chi connectivity index (χ4v) is 1.60. The molecule has 0 radical (unpaired) electrons. The number of primary amides is 1. The van der Waals surface area contributed by atoms with E-state index in [1.807, 2.05) is 12.1 Å².